The zero-order valence-electron chi connectivity index (χ0n) is 7.71. The lowest BCUT2D eigenvalue weighted by Crippen LogP contribution is -2.47. The fourth-order valence-electron chi connectivity index (χ4n) is 2.37. The van der Waals surface area contributed by atoms with E-state index in [2.05, 4.69) is 4.90 Å². The Kier molecular flexibility index (Phi) is 2.66. The van der Waals surface area contributed by atoms with Crippen molar-refractivity contribution in [3.63, 3.8) is 0 Å². The lowest BCUT2D eigenvalue weighted by molar-refractivity contribution is 0.123. The van der Waals surface area contributed by atoms with Crippen molar-refractivity contribution in [1.82, 2.24) is 9.80 Å². The van der Waals surface area contributed by atoms with Gasteiger partial charge in [0.05, 0.1) is 0 Å². The van der Waals surface area contributed by atoms with E-state index in [1.54, 1.807) is 0 Å². The molecule has 2 nitrogen and oxygen atoms in total. The van der Waals surface area contributed by atoms with Crippen molar-refractivity contribution in [1.29, 1.82) is 0 Å². The first kappa shape index (κ1) is 8.52. The maximum Gasteiger partial charge on any atom is 0.0439 e. The fourth-order valence-corrected chi connectivity index (χ4v) is 2.37. The first-order valence-electron chi connectivity index (χ1n) is 5.10. The van der Waals surface area contributed by atoms with Gasteiger partial charge in [-0.05, 0) is 12.8 Å². The van der Waals surface area contributed by atoms with Gasteiger partial charge < -0.3 is 0 Å². The predicted octanol–water partition coefficient (Wildman–Crippen LogP) is 1.22. The van der Waals surface area contributed by atoms with Crippen LogP contribution in [0.25, 0.3) is 0 Å². The Morgan fingerprint density at radius 1 is 0.917 bits per heavy atom. The predicted molar refractivity (Wildman–Crippen MR) is 49.7 cm³/mol. The van der Waals surface area contributed by atoms with Gasteiger partial charge in [-0.25, -0.2) is 0 Å². The smallest absolute Gasteiger partial charge is 0.0439 e. The molecule has 1 aliphatic heterocycles. The summed E-state index contributed by atoms with van der Waals surface area (Å²) in [6, 6.07) is 0.888. The van der Waals surface area contributed by atoms with Crippen LogP contribution in [0.3, 0.4) is 0 Å². The normalized spacial score (nSPS) is 29.8. The SMILES string of the molecule is [CH]N1CCN(C2CCCC2)CC1. The van der Waals surface area contributed by atoms with Gasteiger partial charge in [0.25, 0.3) is 0 Å². The first-order chi connectivity index (χ1) is 5.86. The Morgan fingerprint density at radius 2 is 1.50 bits per heavy atom. The highest BCUT2D eigenvalue weighted by Crippen LogP contribution is 2.23. The molecule has 0 unspecified atom stereocenters. The van der Waals surface area contributed by atoms with Crippen LogP contribution in [0.1, 0.15) is 25.7 Å². The standard InChI is InChI=1S/C10H18N2/c1-11-6-8-12(9-7-11)10-4-2-3-5-10/h1,10H,2-9H2. The van der Waals surface area contributed by atoms with Crippen molar-refractivity contribution >= 4 is 0 Å². The van der Waals surface area contributed by atoms with Gasteiger partial charge in [0, 0.05) is 39.3 Å². The van der Waals surface area contributed by atoms with E-state index in [1.165, 1.54) is 38.8 Å². The molecular weight excluding hydrogens is 148 g/mol. The molecule has 68 valence electrons. The topological polar surface area (TPSA) is 6.48 Å². The van der Waals surface area contributed by atoms with E-state index < -0.39 is 0 Å². The van der Waals surface area contributed by atoms with Crippen LogP contribution in [0, 0.1) is 7.05 Å². The molecule has 0 amide bonds. The van der Waals surface area contributed by atoms with E-state index in [-0.39, 0.29) is 0 Å². The van der Waals surface area contributed by atoms with Gasteiger partial charge in [-0.1, -0.05) is 12.8 Å². The Morgan fingerprint density at radius 3 is 2.08 bits per heavy atom. The second-order valence-corrected chi connectivity index (χ2v) is 4.01. The number of hydrogen-bond acceptors (Lipinski definition) is 2. The highest BCUT2D eigenvalue weighted by Gasteiger charge is 2.24. The number of piperazine rings is 1. The van der Waals surface area contributed by atoms with Crippen molar-refractivity contribution in [2.45, 2.75) is 31.7 Å². The Labute approximate surface area is 75.5 Å². The molecule has 0 aromatic carbocycles. The fraction of sp³-hybridized carbons (Fsp3) is 0.900. The van der Waals surface area contributed by atoms with Crippen LogP contribution in [0.2, 0.25) is 0 Å². The Bertz CT molecular complexity index is 133. The molecular formula is C10H18N2. The molecule has 2 radical (unpaired) electrons. The van der Waals surface area contributed by atoms with Crippen LogP contribution < -0.4 is 0 Å². The minimum Gasteiger partial charge on any atom is -0.298 e. The first-order valence-corrected chi connectivity index (χ1v) is 5.10. The van der Waals surface area contributed by atoms with Gasteiger partial charge >= 0.3 is 0 Å². The highest BCUT2D eigenvalue weighted by molar-refractivity contribution is 4.81. The largest absolute Gasteiger partial charge is 0.298 e. The van der Waals surface area contributed by atoms with E-state index in [0.29, 0.717) is 0 Å². The molecule has 0 aromatic rings. The lowest BCUT2D eigenvalue weighted by Gasteiger charge is -2.36. The Balaban J connectivity index is 1.80. The third-order valence-electron chi connectivity index (χ3n) is 3.19. The molecule has 1 saturated heterocycles. The van der Waals surface area contributed by atoms with Crippen molar-refractivity contribution in [2.24, 2.45) is 0 Å². The summed E-state index contributed by atoms with van der Waals surface area (Å²) in [5, 5.41) is 0. The van der Waals surface area contributed by atoms with Crippen molar-refractivity contribution in [2.75, 3.05) is 26.2 Å². The number of rotatable bonds is 1. The summed E-state index contributed by atoms with van der Waals surface area (Å²) in [6.07, 6.45) is 5.72. The monoisotopic (exact) mass is 166 g/mol. The molecule has 1 heterocycles. The minimum atomic E-state index is 0.888. The van der Waals surface area contributed by atoms with E-state index >= 15 is 0 Å². The van der Waals surface area contributed by atoms with Crippen LogP contribution in [0.15, 0.2) is 0 Å². The van der Waals surface area contributed by atoms with Crippen LogP contribution in [0.5, 0.6) is 0 Å². The van der Waals surface area contributed by atoms with Gasteiger partial charge in [-0.2, -0.15) is 0 Å². The lowest BCUT2D eigenvalue weighted by atomic mass is 10.2. The molecule has 0 atom stereocenters. The van der Waals surface area contributed by atoms with Crippen LogP contribution in [-0.4, -0.2) is 42.0 Å². The molecule has 0 spiro atoms. The minimum absolute atomic E-state index is 0.888. The summed E-state index contributed by atoms with van der Waals surface area (Å²) < 4.78 is 0. The molecule has 0 aromatic heterocycles. The Hall–Kier alpha value is -0.0800. The highest BCUT2D eigenvalue weighted by atomic mass is 15.3. The molecule has 1 saturated carbocycles. The molecule has 12 heavy (non-hydrogen) atoms. The zero-order chi connectivity index (χ0) is 8.39. The van der Waals surface area contributed by atoms with E-state index in [9.17, 15) is 0 Å². The molecule has 2 rings (SSSR count). The third kappa shape index (κ3) is 1.80. The summed E-state index contributed by atoms with van der Waals surface area (Å²) in [5.74, 6) is 0. The average molecular weight is 166 g/mol. The van der Waals surface area contributed by atoms with Gasteiger partial charge in [0.15, 0.2) is 0 Å². The molecule has 2 fully saturated rings. The number of hydrogen-bond donors (Lipinski definition) is 0. The van der Waals surface area contributed by atoms with Gasteiger partial charge in [0.1, 0.15) is 0 Å². The van der Waals surface area contributed by atoms with Crippen molar-refractivity contribution in [3.05, 3.63) is 7.05 Å². The zero-order valence-corrected chi connectivity index (χ0v) is 7.71. The molecule has 2 aliphatic rings. The van der Waals surface area contributed by atoms with Crippen LogP contribution in [-0.2, 0) is 0 Å². The van der Waals surface area contributed by atoms with E-state index in [0.717, 1.165) is 19.1 Å². The molecule has 0 bridgehead atoms. The summed E-state index contributed by atoms with van der Waals surface area (Å²) in [4.78, 5) is 4.56. The number of nitrogens with zero attached hydrogens (tertiary/aromatic N) is 2. The molecule has 2 heteroatoms. The van der Waals surface area contributed by atoms with Gasteiger partial charge in [-0.3, -0.25) is 9.80 Å². The van der Waals surface area contributed by atoms with Crippen molar-refractivity contribution in [3.8, 4) is 0 Å². The quantitative estimate of drug-likeness (QED) is 0.578. The van der Waals surface area contributed by atoms with Crippen LogP contribution in [0.4, 0.5) is 0 Å². The summed E-state index contributed by atoms with van der Waals surface area (Å²) in [6.45, 7) is 4.47. The van der Waals surface area contributed by atoms with E-state index in [4.69, 9.17) is 7.05 Å². The third-order valence-corrected chi connectivity index (χ3v) is 3.19. The summed E-state index contributed by atoms with van der Waals surface area (Å²) in [7, 11) is 5.70. The molecule has 1 aliphatic carbocycles. The average Bonchev–Trinajstić information content (AvgIpc) is 2.58. The second-order valence-electron chi connectivity index (χ2n) is 4.01. The summed E-state index contributed by atoms with van der Waals surface area (Å²) >= 11 is 0. The maximum absolute atomic E-state index is 5.70. The summed E-state index contributed by atoms with van der Waals surface area (Å²) in [5.41, 5.74) is 0. The second kappa shape index (κ2) is 3.75. The van der Waals surface area contributed by atoms with E-state index in [1.807, 2.05) is 4.90 Å². The van der Waals surface area contributed by atoms with Gasteiger partial charge in [-0.15, -0.1) is 0 Å². The maximum atomic E-state index is 5.70. The van der Waals surface area contributed by atoms with Crippen molar-refractivity contribution < 1.29 is 0 Å². The molecule has 0 N–H and O–H groups in total. The van der Waals surface area contributed by atoms with Gasteiger partial charge in [0.2, 0.25) is 0 Å². The van der Waals surface area contributed by atoms with Crippen LogP contribution >= 0.6 is 0 Å².